The van der Waals surface area contributed by atoms with Crippen molar-refractivity contribution in [2.45, 2.75) is 0 Å². The Balaban J connectivity index is 2.27. The summed E-state index contributed by atoms with van der Waals surface area (Å²) < 4.78 is 0. The highest BCUT2D eigenvalue weighted by molar-refractivity contribution is 6.05. The molecule has 0 atom stereocenters. The lowest BCUT2D eigenvalue weighted by atomic mass is 10.1. The van der Waals surface area contributed by atoms with E-state index >= 15 is 0 Å². The average molecular weight is 282 g/mol. The van der Waals surface area contributed by atoms with Gasteiger partial charge < -0.3 is 11.1 Å². The van der Waals surface area contributed by atoms with Crippen molar-refractivity contribution < 1.29 is 9.72 Å². The number of carbonyl (C=O) groups is 1. The number of nitro groups is 1. The number of para-hydroxylation sites is 1. The van der Waals surface area contributed by atoms with Gasteiger partial charge in [-0.2, -0.15) is 5.26 Å². The van der Waals surface area contributed by atoms with Crippen LogP contribution in [0.15, 0.2) is 42.5 Å². The standard InChI is InChI=1S/C14H10N4O3/c15-8-10-3-1-2-4-12(10)17-14(19)9-5-6-13(18(20)21)11(16)7-9/h1-7H,16H2,(H,17,19). The van der Waals surface area contributed by atoms with Crippen molar-refractivity contribution in [3.8, 4) is 6.07 Å². The maximum absolute atomic E-state index is 12.1. The van der Waals surface area contributed by atoms with Gasteiger partial charge in [-0.05, 0) is 24.3 Å². The molecule has 2 rings (SSSR count). The summed E-state index contributed by atoms with van der Waals surface area (Å²) in [5.41, 5.74) is 6.03. The largest absolute Gasteiger partial charge is 0.393 e. The maximum Gasteiger partial charge on any atom is 0.292 e. The van der Waals surface area contributed by atoms with Crippen LogP contribution >= 0.6 is 0 Å². The van der Waals surface area contributed by atoms with Crippen LogP contribution in [0.1, 0.15) is 15.9 Å². The molecule has 0 heterocycles. The van der Waals surface area contributed by atoms with Gasteiger partial charge >= 0.3 is 0 Å². The number of nitrogens with two attached hydrogens (primary N) is 1. The summed E-state index contributed by atoms with van der Waals surface area (Å²) in [7, 11) is 0. The monoisotopic (exact) mass is 282 g/mol. The van der Waals surface area contributed by atoms with E-state index in [4.69, 9.17) is 11.0 Å². The fourth-order valence-corrected chi connectivity index (χ4v) is 1.75. The number of hydrogen-bond acceptors (Lipinski definition) is 5. The Labute approximate surface area is 119 Å². The molecular weight excluding hydrogens is 272 g/mol. The molecule has 0 saturated carbocycles. The number of nitriles is 1. The van der Waals surface area contributed by atoms with Crippen molar-refractivity contribution in [1.29, 1.82) is 5.26 Å². The highest BCUT2D eigenvalue weighted by Crippen LogP contribution is 2.23. The molecule has 0 bridgehead atoms. The zero-order valence-corrected chi connectivity index (χ0v) is 10.7. The lowest BCUT2D eigenvalue weighted by molar-refractivity contribution is -0.383. The van der Waals surface area contributed by atoms with Gasteiger partial charge in [0.05, 0.1) is 16.2 Å². The third-order valence-electron chi connectivity index (χ3n) is 2.78. The SMILES string of the molecule is N#Cc1ccccc1NC(=O)c1ccc([N+](=O)[O-])c(N)c1. The number of rotatable bonds is 3. The molecule has 2 aromatic carbocycles. The van der Waals surface area contributed by atoms with Gasteiger partial charge in [-0.25, -0.2) is 0 Å². The van der Waals surface area contributed by atoms with Crippen LogP contribution in [0.2, 0.25) is 0 Å². The van der Waals surface area contributed by atoms with Crippen molar-refractivity contribution in [1.82, 2.24) is 0 Å². The van der Waals surface area contributed by atoms with E-state index in [1.165, 1.54) is 18.2 Å². The predicted molar refractivity (Wildman–Crippen MR) is 76.6 cm³/mol. The zero-order valence-electron chi connectivity index (χ0n) is 10.7. The number of nitrogens with one attached hydrogen (secondary N) is 1. The first-order valence-electron chi connectivity index (χ1n) is 5.87. The topological polar surface area (TPSA) is 122 Å². The molecule has 1 amide bonds. The highest BCUT2D eigenvalue weighted by Gasteiger charge is 2.15. The van der Waals surface area contributed by atoms with E-state index in [0.717, 1.165) is 0 Å². The second-order valence-electron chi connectivity index (χ2n) is 4.14. The van der Waals surface area contributed by atoms with Gasteiger partial charge in [0.1, 0.15) is 11.8 Å². The van der Waals surface area contributed by atoms with Crippen molar-refractivity contribution in [3.05, 3.63) is 63.7 Å². The molecule has 2 aromatic rings. The van der Waals surface area contributed by atoms with Crippen LogP contribution in [-0.4, -0.2) is 10.8 Å². The van der Waals surface area contributed by atoms with E-state index < -0.39 is 10.8 Å². The molecule has 0 aliphatic rings. The number of benzene rings is 2. The predicted octanol–water partition coefficient (Wildman–Crippen LogP) is 2.30. The number of nitro benzene ring substituents is 1. The summed E-state index contributed by atoms with van der Waals surface area (Å²) in [5, 5.41) is 22.2. The Hall–Kier alpha value is -3.40. The van der Waals surface area contributed by atoms with Gasteiger partial charge in [-0.15, -0.1) is 0 Å². The molecule has 3 N–H and O–H groups in total. The Morgan fingerprint density at radius 2 is 2.00 bits per heavy atom. The van der Waals surface area contributed by atoms with Crippen LogP contribution in [0, 0.1) is 21.4 Å². The van der Waals surface area contributed by atoms with E-state index in [2.05, 4.69) is 5.32 Å². The van der Waals surface area contributed by atoms with Crippen molar-refractivity contribution in [2.75, 3.05) is 11.1 Å². The minimum atomic E-state index is -0.623. The molecule has 21 heavy (non-hydrogen) atoms. The highest BCUT2D eigenvalue weighted by atomic mass is 16.6. The number of anilines is 2. The van der Waals surface area contributed by atoms with Gasteiger partial charge in [0.2, 0.25) is 0 Å². The van der Waals surface area contributed by atoms with E-state index in [1.54, 1.807) is 24.3 Å². The third kappa shape index (κ3) is 2.96. The Kier molecular flexibility index (Phi) is 3.81. The molecule has 0 aromatic heterocycles. The number of nitrogen functional groups attached to an aromatic ring is 1. The van der Waals surface area contributed by atoms with E-state index in [9.17, 15) is 14.9 Å². The Morgan fingerprint density at radius 1 is 1.29 bits per heavy atom. The molecule has 7 heteroatoms. The summed E-state index contributed by atoms with van der Waals surface area (Å²) in [6.07, 6.45) is 0. The van der Waals surface area contributed by atoms with Crippen molar-refractivity contribution in [3.63, 3.8) is 0 Å². The van der Waals surface area contributed by atoms with Crippen LogP contribution in [0.25, 0.3) is 0 Å². The van der Waals surface area contributed by atoms with E-state index in [-0.39, 0.29) is 16.9 Å². The fourth-order valence-electron chi connectivity index (χ4n) is 1.75. The normalized spacial score (nSPS) is 9.67. The fraction of sp³-hybridized carbons (Fsp3) is 0. The molecule has 0 aliphatic carbocycles. The molecule has 0 fully saturated rings. The summed E-state index contributed by atoms with van der Waals surface area (Å²) in [6.45, 7) is 0. The molecule has 0 unspecified atom stereocenters. The Morgan fingerprint density at radius 3 is 2.62 bits per heavy atom. The first kappa shape index (κ1) is 14.0. The van der Waals surface area contributed by atoms with Crippen LogP contribution in [0.4, 0.5) is 17.1 Å². The molecule has 0 spiro atoms. The zero-order chi connectivity index (χ0) is 15.4. The molecule has 0 aliphatic heterocycles. The van der Waals surface area contributed by atoms with Gasteiger partial charge in [-0.3, -0.25) is 14.9 Å². The van der Waals surface area contributed by atoms with Crippen LogP contribution in [0.3, 0.4) is 0 Å². The minimum Gasteiger partial charge on any atom is -0.393 e. The van der Waals surface area contributed by atoms with Gasteiger partial charge in [0.25, 0.3) is 11.6 Å². The van der Waals surface area contributed by atoms with Crippen LogP contribution in [-0.2, 0) is 0 Å². The molecular formula is C14H10N4O3. The van der Waals surface area contributed by atoms with Gasteiger partial charge in [0, 0.05) is 11.6 Å². The average Bonchev–Trinajstić information content (AvgIpc) is 2.47. The minimum absolute atomic E-state index is 0.0961. The smallest absolute Gasteiger partial charge is 0.292 e. The van der Waals surface area contributed by atoms with Crippen LogP contribution < -0.4 is 11.1 Å². The summed E-state index contributed by atoms with van der Waals surface area (Å²) >= 11 is 0. The molecule has 7 nitrogen and oxygen atoms in total. The van der Waals surface area contributed by atoms with E-state index in [0.29, 0.717) is 11.3 Å². The summed E-state index contributed by atoms with van der Waals surface area (Å²) in [5.74, 6) is -0.501. The van der Waals surface area contributed by atoms with Crippen LogP contribution in [0.5, 0.6) is 0 Å². The second kappa shape index (κ2) is 5.71. The van der Waals surface area contributed by atoms with Crippen molar-refractivity contribution in [2.24, 2.45) is 0 Å². The first-order chi connectivity index (χ1) is 10.0. The van der Waals surface area contributed by atoms with Gasteiger partial charge in [0.15, 0.2) is 0 Å². The molecule has 0 radical (unpaired) electrons. The number of amides is 1. The molecule has 104 valence electrons. The Bertz CT molecular complexity index is 765. The third-order valence-corrected chi connectivity index (χ3v) is 2.78. The first-order valence-corrected chi connectivity index (χ1v) is 5.87. The lowest BCUT2D eigenvalue weighted by Crippen LogP contribution is -2.13. The second-order valence-corrected chi connectivity index (χ2v) is 4.14. The molecule has 0 saturated heterocycles. The van der Waals surface area contributed by atoms with Gasteiger partial charge in [-0.1, -0.05) is 12.1 Å². The quantitative estimate of drug-likeness (QED) is 0.508. The summed E-state index contributed by atoms with van der Waals surface area (Å²) in [4.78, 5) is 22.1. The lowest BCUT2D eigenvalue weighted by Gasteiger charge is -2.07. The number of carbonyl (C=O) groups excluding carboxylic acids is 1. The van der Waals surface area contributed by atoms with Crippen molar-refractivity contribution >= 4 is 23.0 Å². The van der Waals surface area contributed by atoms with E-state index in [1.807, 2.05) is 6.07 Å². The number of hydrogen-bond donors (Lipinski definition) is 2. The number of nitrogens with zero attached hydrogens (tertiary/aromatic N) is 2. The summed E-state index contributed by atoms with van der Waals surface area (Å²) in [6, 6.07) is 12.2. The maximum atomic E-state index is 12.1.